The molecule has 8 saturated carbocycles. The van der Waals surface area contributed by atoms with E-state index in [1.165, 1.54) is 185 Å². The van der Waals surface area contributed by atoms with Gasteiger partial charge in [-0.2, -0.15) is 0 Å². The zero-order chi connectivity index (χ0) is 94.3. The lowest BCUT2D eigenvalue weighted by atomic mass is 9.42. The maximum absolute atomic E-state index is 6.21. The monoisotopic (exact) mass is 1840 g/mol. The summed E-state index contributed by atoms with van der Waals surface area (Å²) >= 11 is 0. The van der Waals surface area contributed by atoms with Crippen LogP contribution < -0.4 is 0 Å². The van der Waals surface area contributed by atoms with Gasteiger partial charge in [-0.3, -0.25) is 0 Å². The predicted molar refractivity (Wildman–Crippen MR) is 585 cm³/mol. The van der Waals surface area contributed by atoms with Crippen molar-refractivity contribution in [3.63, 3.8) is 0 Å². The fourth-order valence-corrected chi connectivity index (χ4v) is 27.1. The van der Waals surface area contributed by atoms with Crippen molar-refractivity contribution in [2.45, 2.75) is 93.3 Å². The van der Waals surface area contributed by atoms with Crippen LogP contribution in [0.2, 0.25) is 0 Å². The molecule has 24 aromatic rings. The molecule has 8 aliphatic rings. The second-order valence-corrected chi connectivity index (χ2v) is 41.6. The van der Waals surface area contributed by atoms with Crippen molar-refractivity contribution in [2.24, 2.45) is 29.6 Å². The largest absolute Gasteiger partial charge is 0.456 e. The van der Waals surface area contributed by atoms with Crippen LogP contribution in [0, 0.1) is 29.6 Å². The van der Waals surface area contributed by atoms with Gasteiger partial charge in [-0.25, -0.2) is 44.9 Å². The lowest BCUT2D eigenvalue weighted by Gasteiger charge is -2.62. The number of rotatable bonds is 13. The van der Waals surface area contributed by atoms with E-state index < -0.39 is 0 Å². The van der Waals surface area contributed by atoms with E-state index in [-0.39, 0.29) is 16.2 Å². The molecular formula is C133H99N9O. The molecule has 32 rings (SSSR count). The van der Waals surface area contributed by atoms with Crippen molar-refractivity contribution in [3.05, 3.63) is 442 Å². The minimum absolute atomic E-state index is 0.0482. The van der Waals surface area contributed by atoms with Gasteiger partial charge in [0.2, 0.25) is 0 Å². The molecule has 10 heteroatoms. The highest BCUT2D eigenvalue weighted by atomic mass is 16.3. The minimum atomic E-state index is -0.0674. The quantitative estimate of drug-likeness (QED) is 0.103. The molecule has 8 bridgehead atoms. The highest BCUT2D eigenvalue weighted by Gasteiger charge is 2.61. The first-order valence-electron chi connectivity index (χ1n) is 50.9. The summed E-state index contributed by atoms with van der Waals surface area (Å²) in [7, 11) is 0. The highest BCUT2D eigenvalue weighted by Crippen LogP contribution is 2.67. The van der Waals surface area contributed by atoms with Gasteiger partial charge in [-0.1, -0.05) is 370 Å². The van der Waals surface area contributed by atoms with Crippen LogP contribution in [-0.2, 0) is 16.2 Å². The van der Waals surface area contributed by atoms with Crippen molar-refractivity contribution < 1.29 is 4.42 Å². The van der Waals surface area contributed by atoms with E-state index in [2.05, 4.69) is 364 Å². The molecular weight excluding hydrogens is 1740 g/mol. The molecule has 0 amide bonds. The summed E-state index contributed by atoms with van der Waals surface area (Å²) < 4.78 is 6.21. The number of para-hydroxylation sites is 1. The standard InChI is InChI=1S/C47H37N3.C45H37N3.C41H25N3O/c1-2-9-34-23-38(16-13-32(34)7-1)44-48-45(50-46(49-44)47-26-29-19-30(27-47)21-31(20-29)28-47)43-25-39(24-36-10-4-6-12-41(36)43)35-17-18-42-37(22-35)15-14-33-8-3-5-11-40(33)42;1-3-11-32(12-4-1)33-19-21-35(22-20-33)42-46-41(34-13-5-2-6-14-34)47-43(48-42)45-27-30-23-31(28-45)26-44(25-30,29-45)40-24-36-15-7-8-16-37(36)38-17-9-10-18-39(38)40;1-3-12-26(13-4-1)34-24-28-16-7-8-17-30(28)31-23-22-29(25-35(31)34)40-42-39(27-14-5-2-6-15-27)43-41(44-40)33-19-11-21-37-38(33)32-18-9-10-20-36(32)45-37/h1-18,22-25,29-31H,19-21,26-28H2;1-22,24,30-31H,23,25-29H2;1-25H. The molecule has 0 aliphatic heterocycles. The number of aromatic nitrogens is 9. The van der Waals surface area contributed by atoms with Crippen molar-refractivity contribution in [3.8, 4) is 113 Å². The fourth-order valence-electron chi connectivity index (χ4n) is 27.1. The Morgan fingerprint density at radius 1 is 0.182 bits per heavy atom. The molecule has 0 saturated heterocycles. The van der Waals surface area contributed by atoms with Gasteiger partial charge in [-0.15, -0.1) is 0 Å². The molecule has 20 aromatic carbocycles. The van der Waals surface area contributed by atoms with Crippen LogP contribution in [0.25, 0.3) is 221 Å². The zero-order valence-corrected chi connectivity index (χ0v) is 79.2. The Morgan fingerprint density at radius 3 is 1.21 bits per heavy atom. The molecule has 682 valence electrons. The fraction of sp³-hybridized carbons (Fsp3) is 0.150. The van der Waals surface area contributed by atoms with E-state index in [0.29, 0.717) is 29.3 Å². The van der Waals surface area contributed by atoms with Crippen LogP contribution in [0.15, 0.2) is 429 Å². The van der Waals surface area contributed by atoms with Gasteiger partial charge in [0.1, 0.15) is 22.8 Å². The van der Waals surface area contributed by atoms with Crippen molar-refractivity contribution in [1.29, 1.82) is 0 Å². The number of benzene rings is 20. The van der Waals surface area contributed by atoms with Crippen LogP contribution in [0.5, 0.6) is 0 Å². The zero-order valence-electron chi connectivity index (χ0n) is 79.2. The predicted octanol–water partition coefficient (Wildman–Crippen LogP) is 33.7. The van der Waals surface area contributed by atoms with E-state index >= 15 is 0 Å². The SMILES string of the molecule is c1ccc(-c2ccc(-c3nc(-c4ccccc4)nc(C45CC6CC(C4)CC(c4cc7ccccc7c7ccccc47)(C6)C5)n3)cc2)cc1.c1ccc(-c2nc(-c3ccc4c(c3)c(-c3ccccc3)cc3ccccc34)nc(-c3cccc4oc5ccccc5c34)n2)cc1.c1ccc2cc(-c3nc(-c4cc(-c5ccc6c(ccc7ccccc76)c5)cc5ccccc45)nc(C45CC6CC(CC(C6)C4)C5)n3)ccc2c1. The molecule has 2 unspecified atom stereocenters. The molecule has 0 spiro atoms. The summed E-state index contributed by atoms with van der Waals surface area (Å²) in [5.74, 6) is 10.8. The van der Waals surface area contributed by atoms with E-state index in [9.17, 15) is 0 Å². The summed E-state index contributed by atoms with van der Waals surface area (Å²) in [6, 6.07) is 151. The van der Waals surface area contributed by atoms with Crippen molar-refractivity contribution in [1.82, 2.24) is 44.9 Å². The third-order valence-electron chi connectivity index (χ3n) is 32.6. The molecule has 8 fully saturated rings. The summed E-state index contributed by atoms with van der Waals surface area (Å²) in [4.78, 5) is 47.5. The molecule has 4 heterocycles. The number of hydrogen-bond donors (Lipinski definition) is 0. The normalized spacial score (nSPS) is 19.7. The Hall–Kier alpha value is -16.7. The first-order chi connectivity index (χ1) is 70.6. The summed E-state index contributed by atoms with van der Waals surface area (Å²) in [6.45, 7) is 0. The molecule has 0 radical (unpaired) electrons. The summed E-state index contributed by atoms with van der Waals surface area (Å²) in [5, 5.41) is 22.2. The molecule has 8 aliphatic carbocycles. The smallest absolute Gasteiger partial charge is 0.164 e. The molecule has 10 nitrogen and oxygen atoms in total. The van der Waals surface area contributed by atoms with Gasteiger partial charge in [0.05, 0.1) is 0 Å². The second kappa shape index (κ2) is 34.4. The number of nitrogens with zero attached hydrogens (tertiary/aromatic N) is 9. The van der Waals surface area contributed by atoms with Crippen molar-refractivity contribution >= 4 is 108 Å². The summed E-state index contributed by atoms with van der Waals surface area (Å²) in [5.41, 5.74) is 17.4. The van der Waals surface area contributed by atoms with Crippen LogP contribution in [0.4, 0.5) is 0 Å². The second-order valence-electron chi connectivity index (χ2n) is 41.6. The maximum Gasteiger partial charge on any atom is 0.164 e. The third-order valence-corrected chi connectivity index (χ3v) is 32.6. The number of furan rings is 1. The van der Waals surface area contributed by atoms with Gasteiger partial charge < -0.3 is 4.42 Å². The minimum Gasteiger partial charge on any atom is -0.456 e. The number of hydrogen-bond acceptors (Lipinski definition) is 10. The maximum atomic E-state index is 6.21. The Morgan fingerprint density at radius 2 is 0.552 bits per heavy atom. The first-order valence-corrected chi connectivity index (χ1v) is 50.9. The van der Waals surface area contributed by atoms with Gasteiger partial charge in [0.15, 0.2) is 40.8 Å². The van der Waals surface area contributed by atoms with Gasteiger partial charge in [0.25, 0.3) is 0 Å². The molecule has 2 atom stereocenters. The van der Waals surface area contributed by atoms with Gasteiger partial charge in [-0.05, 0) is 292 Å². The van der Waals surface area contributed by atoms with Gasteiger partial charge >= 0.3 is 0 Å². The third kappa shape index (κ3) is 15.1. The Labute approximate surface area is 829 Å². The van der Waals surface area contributed by atoms with E-state index in [4.69, 9.17) is 49.3 Å². The lowest BCUT2D eigenvalue weighted by molar-refractivity contribution is -0.0312. The van der Waals surface area contributed by atoms with Crippen LogP contribution in [-0.4, -0.2) is 44.9 Å². The average molecular weight is 1840 g/mol. The molecule has 0 N–H and O–H groups in total. The van der Waals surface area contributed by atoms with Crippen molar-refractivity contribution in [2.75, 3.05) is 0 Å². The Balaban J connectivity index is 0.000000105. The highest BCUT2D eigenvalue weighted by molar-refractivity contribution is 6.16. The first kappa shape index (κ1) is 84.4. The van der Waals surface area contributed by atoms with E-state index in [0.717, 1.165) is 125 Å². The summed E-state index contributed by atoms with van der Waals surface area (Å²) in [6.07, 6.45) is 15.1. The van der Waals surface area contributed by atoms with E-state index in [1.54, 1.807) is 5.56 Å². The molecule has 143 heavy (non-hydrogen) atoms. The Bertz CT molecular complexity index is 9130. The van der Waals surface area contributed by atoms with Gasteiger partial charge in [0, 0.05) is 60.5 Å². The molecule has 4 aromatic heterocycles. The lowest BCUT2D eigenvalue weighted by Crippen LogP contribution is -2.56. The van der Waals surface area contributed by atoms with Crippen LogP contribution in [0.1, 0.15) is 94.3 Å². The Kier molecular flexibility index (Phi) is 20.3. The average Bonchev–Trinajstić information content (AvgIpc) is 0.893. The van der Waals surface area contributed by atoms with Crippen LogP contribution >= 0.6 is 0 Å². The van der Waals surface area contributed by atoms with E-state index in [1.807, 2.05) is 60.7 Å². The topological polar surface area (TPSA) is 129 Å². The number of fused-ring (bicyclic) bond motifs is 14. The van der Waals surface area contributed by atoms with Crippen LogP contribution in [0.3, 0.4) is 0 Å².